The molecule has 9 nitrogen and oxygen atoms in total. The number of methoxy groups -OCH3 is 1. The van der Waals surface area contributed by atoms with Crippen LogP contribution in [0.3, 0.4) is 0 Å². The summed E-state index contributed by atoms with van der Waals surface area (Å²) < 4.78 is 11.8. The molecule has 1 aromatic carbocycles. The van der Waals surface area contributed by atoms with Crippen LogP contribution >= 0.6 is 0 Å². The Morgan fingerprint density at radius 3 is 2.84 bits per heavy atom. The van der Waals surface area contributed by atoms with E-state index in [1.54, 1.807) is 24.4 Å². The number of aliphatic hydroxyl groups is 1. The highest BCUT2D eigenvalue weighted by molar-refractivity contribution is 5.96. The van der Waals surface area contributed by atoms with Crippen molar-refractivity contribution in [3.8, 4) is 5.75 Å². The number of fused-ring (bicyclic) bond motifs is 2. The molecule has 0 radical (unpaired) electrons. The van der Waals surface area contributed by atoms with Crippen LogP contribution in [-0.4, -0.2) is 47.5 Å². The third kappa shape index (κ3) is 3.34. The Morgan fingerprint density at radius 1 is 1.32 bits per heavy atom. The number of hydrogen-bond acceptors (Lipinski definition) is 8. The fourth-order valence-electron chi connectivity index (χ4n) is 4.55. The molecule has 2 aromatic rings. The number of carbonyl (C=O) groups excluding carboxylic acids is 1. The summed E-state index contributed by atoms with van der Waals surface area (Å²) in [5, 5.41) is 13.1. The Kier molecular flexibility index (Phi) is 4.90. The molecular formula is C22H25N5O4. The zero-order valence-corrected chi connectivity index (χ0v) is 17.3. The first kappa shape index (κ1) is 19.6. The smallest absolute Gasteiger partial charge is 0.250 e. The third-order valence-electron chi connectivity index (χ3n) is 6.30. The van der Waals surface area contributed by atoms with Crippen molar-refractivity contribution in [2.24, 2.45) is 16.6 Å². The minimum absolute atomic E-state index is 0.245. The predicted octanol–water partition coefficient (Wildman–Crippen LogP) is 2.43. The van der Waals surface area contributed by atoms with Gasteiger partial charge >= 0.3 is 0 Å². The average molecular weight is 423 g/mol. The number of hydrogen-bond donors (Lipinski definition) is 2. The summed E-state index contributed by atoms with van der Waals surface area (Å²) in [5.74, 6) is 1.98. The van der Waals surface area contributed by atoms with Crippen LogP contribution in [0.2, 0.25) is 0 Å². The van der Waals surface area contributed by atoms with Gasteiger partial charge in [-0.2, -0.15) is 0 Å². The van der Waals surface area contributed by atoms with Crippen molar-refractivity contribution in [2.75, 3.05) is 25.3 Å². The highest BCUT2D eigenvalue weighted by Gasteiger charge is 2.34. The van der Waals surface area contributed by atoms with Crippen molar-refractivity contribution >= 4 is 28.9 Å². The van der Waals surface area contributed by atoms with E-state index in [1.165, 1.54) is 0 Å². The fraction of sp³-hybridized carbons (Fsp3) is 0.409. The number of amides is 1. The number of aliphatic hydroxyl groups excluding tert-OH is 1. The Balaban J connectivity index is 1.49. The lowest BCUT2D eigenvalue weighted by Crippen LogP contribution is -2.34. The Labute approximate surface area is 179 Å². The molecule has 3 aliphatic rings. The van der Waals surface area contributed by atoms with Gasteiger partial charge in [0.15, 0.2) is 17.3 Å². The lowest BCUT2D eigenvalue weighted by atomic mass is 9.82. The molecule has 9 heteroatoms. The molecule has 1 fully saturated rings. The number of primary amides is 1. The summed E-state index contributed by atoms with van der Waals surface area (Å²) in [6.45, 7) is 0.523. The predicted molar refractivity (Wildman–Crippen MR) is 115 cm³/mol. The lowest BCUT2D eigenvalue weighted by Gasteiger charge is -2.31. The second-order valence-corrected chi connectivity index (χ2v) is 8.13. The van der Waals surface area contributed by atoms with Crippen molar-refractivity contribution in [3.05, 3.63) is 41.7 Å². The van der Waals surface area contributed by atoms with Gasteiger partial charge in [0.2, 0.25) is 5.91 Å². The summed E-state index contributed by atoms with van der Waals surface area (Å²) in [4.78, 5) is 21.0. The molecule has 31 heavy (non-hydrogen) atoms. The van der Waals surface area contributed by atoms with Crippen LogP contribution in [0.15, 0.2) is 45.2 Å². The van der Waals surface area contributed by atoms with E-state index in [9.17, 15) is 9.90 Å². The second-order valence-electron chi connectivity index (χ2n) is 8.13. The number of aromatic nitrogens is 1. The molecule has 1 saturated carbocycles. The second kappa shape index (κ2) is 7.73. The first-order chi connectivity index (χ1) is 15.1. The molecule has 0 bridgehead atoms. The largest absolute Gasteiger partial charge is 0.494 e. The van der Waals surface area contributed by atoms with E-state index in [0.717, 1.165) is 42.8 Å². The van der Waals surface area contributed by atoms with E-state index in [1.807, 2.05) is 23.3 Å². The zero-order chi connectivity index (χ0) is 21.5. The van der Waals surface area contributed by atoms with Gasteiger partial charge in [-0.15, -0.1) is 0 Å². The third-order valence-corrected chi connectivity index (χ3v) is 6.30. The van der Waals surface area contributed by atoms with E-state index in [4.69, 9.17) is 19.9 Å². The van der Waals surface area contributed by atoms with Gasteiger partial charge < -0.3 is 20.0 Å². The van der Waals surface area contributed by atoms with Crippen LogP contribution in [0, 0.1) is 5.92 Å². The molecule has 1 aromatic heterocycles. The van der Waals surface area contributed by atoms with Crippen LogP contribution in [0.1, 0.15) is 37.5 Å². The summed E-state index contributed by atoms with van der Waals surface area (Å²) in [5.41, 5.74) is 8.15. The number of nitrogens with zero attached hydrogens (tertiary/aromatic N) is 4. The zero-order valence-electron chi connectivity index (χ0n) is 17.3. The molecule has 0 saturated heterocycles. The maximum absolute atomic E-state index is 12.0. The van der Waals surface area contributed by atoms with Crippen LogP contribution in [-0.2, 0) is 4.79 Å². The summed E-state index contributed by atoms with van der Waals surface area (Å²) in [7, 11) is 1.60. The molecule has 1 amide bonds. The van der Waals surface area contributed by atoms with Crippen molar-refractivity contribution in [2.45, 2.75) is 31.6 Å². The molecular weight excluding hydrogens is 398 g/mol. The normalized spacial score (nSPS) is 23.0. The van der Waals surface area contributed by atoms with E-state index in [0.29, 0.717) is 28.6 Å². The van der Waals surface area contributed by atoms with Gasteiger partial charge in [-0.3, -0.25) is 9.80 Å². The number of aliphatic imine (C=N–C) groups is 1. The molecule has 1 aliphatic carbocycles. The highest BCUT2D eigenvalue weighted by Crippen LogP contribution is 2.41. The molecule has 162 valence electrons. The van der Waals surface area contributed by atoms with Gasteiger partial charge in [-0.25, -0.2) is 15.0 Å². The Morgan fingerprint density at radius 2 is 2.13 bits per heavy atom. The van der Waals surface area contributed by atoms with Crippen molar-refractivity contribution in [3.63, 3.8) is 0 Å². The Bertz CT molecular complexity index is 1110. The van der Waals surface area contributed by atoms with E-state index >= 15 is 0 Å². The number of benzene rings is 1. The number of anilines is 1. The fourth-order valence-corrected chi connectivity index (χ4v) is 4.55. The average Bonchev–Trinajstić information content (AvgIpc) is 3.39. The highest BCUT2D eigenvalue weighted by atomic mass is 16.5. The molecule has 2 aliphatic heterocycles. The van der Waals surface area contributed by atoms with Gasteiger partial charge in [0.05, 0.1) is 19.2 Å². The summed E-state index contributed by atoms with van der Waals surface area (Å²) in [6.07, 6.45) is 9.13. The van der Waals surface area contributed by atoms with E-state index in [2.05, 4.69) is 4.99 Å². The number of rotatable bonds is 5. The number of allylic oxidation sites excluding steroid dienone is 1. The molecule has 0 atom stereocenters. The first-order valence-electron chi connectivity index (χ1n) is 10.5. The standard InChI is InChI=1S/C22H25N5O4/c1-30-19-9-16-18(31-22(25-16)14-5-3-13(12-28)4-6-14)10-17(19)27-11-15(20(23)29)21-24-7-2-8-26(21)27/h2,7-10,13-14,28H,3-6,11-12H2,1H3,(H2,23,29). The van der Waals surface area contributed by atoms with Gasteiger partial charge in [-0.05, 0) is 37.7 Å². The van der Waals surface area contributed by atoms with Gasteiger partial charge in [0.1, 0.15) is 17.0 Å². The summed E-state index contributed by atoms with van der Waals surface area (Å²) in [6, 6.07) is 3.74. The quantitative estimate of drug-likeness (QED) is 0.758. The molecule has 3 heterocycles. The van der Waals surface area contributed by atoms with Crippen LogP contribution in [0.5, 0.6) is 5.75 Å². The minimum Gasteiger partial charge on any atom is -0.494 e. The minimum atomic E-state index is -0.504. The van der Waals surface area contributed by atoms with E-state index < -0.39 is 5.91 Å². The van der Waals surface area contributed by atoms with Crippen molar-refractivity contribution < 1.29 is 19.1 Å². The monoisotopic (exact) mass is 423 g/mol. The molecule has 0 unspecified atom stereocenters. The number of hydrazine groups is 1. The number of ether oxygens (including phenoxy) is 1. The van der Waals surface area contributed by atoms with Crippen LogP contribution in [0.25, 0.3) is 11.1 Å². The first-order valence-corrected chi connectivity index (χ1v) is 10.5. The number of carbonyl (C=O) groups is 1. The molecule has 5 rings (SSSR count). The molecule has 3 N–H and O–H groups in total. The lowest BCUT2D eigenvalue weighted by molar-refractivity contribution is -0.114. The molecule has 0 spiro atoms. The van der Waals surface area contributed by atoms with Gasteiger partial charge in [0.25, 0.3) is 0 Å². The van der Waals surface area contributed by atoms with E-state index in [-0.39, 0.29) is 19.1 Å². The van der Waals surface area contributed by atoms with Crippen molar-refractivity contribution in [1.29, 1.82) is 0 Å². The maximum Gasteiger partial charge on any atom is 0.250 e. The Hall–Kier alpha value is -3.33. The van der Waals surface area contributed by atoms with Gasteiger partial charge in [0, 0.05) is 37.1 Å². The topological polar surface area (TPSA) is 117 Å². The summed E-state index contributed by atoms with van der Waals surface area (Å²) >= 11 is 0. The maximum atomic E-state index is 12.0. The number of oxazole rings is 1. The number of nitrogens with two attached hydrogens (primary N) is 1. The van der Waals surface area contributed by atoms with Crippen molar-refractivity contribution in [1.82, 2.24) is 9.99 Å². The SMILES string of the molecule is COc1cc2nc(C3CCC(CO)CC3)oc2cc1N1CC(C(N)=O)=C2N=CC=CN21. The van der Waals surface area contributed by atoms with Crippen LogP contribution in [0.4, 0.5) is 5.69 Å². The van der Waals surface area contributed by atoms with Crippen LogP contribution < -0.4 is 15.5 Å². The van der Waals surface area contributed by atoms with Gasteiger partial charge in [-0.1, -0.05) is 0 Å².